The van der Waals surface area contributed by atoms with Crippen LogP contribution in [0.2, 0.25) is 0 Å². The van der Waals surface area contributed by atoms with Gasteiger partial charge in [-0.1, -0.05) is 31.2 Å². The van der Waals surface area contributed by atoms with E-state index in [1.807, 2.05) is 25.1 Å². The molecule has 1 heterocycles. The predicted octanol–water partition coefficient (Wildman–Crippen LogP) is 1.15. The number of rotatable bonds is 5. The van der Waals surface area contributed by atoms with Gasteiger partial charge in [-0.15, -0.1) is 0 Å². The van der Waals surface area contributed by atoms with Crippen molar-refractivity contribution in [1.82, 2.24) is 10.6 Å². The third kappa shape index (κ3) is 3.67. The Hall–Kier alpha value is -1.20. The van der Waals surface area contributed by atoms with Crippen LogP contribution in [0.3, 0.4) is 0 Å². The van der Waals surface area contributed by atoms with E-state index < -0.39 is 10.8 Å². The second kappa shape index (κ2) is 6.99. The normalized spacial score (nSPS) is 20.8. The second-order valence-corrected chi connectivity index (χ2v) is 7.03. The summed E-state index contributed by atoms with van der Waals surface area (Å²) in [5.41, 5.74) is 2.32. The number of carbonyl (C=O) groups is 1. The highest BCUT2D eigenvalue weighted by Gasteiger charge is 2.25. The third-order valence-electron chi connectivity index (χ3n) is 3.79. The smallest absolute Gasteiger partial charge is 0.241 e. The molecule has 3 atom stereocenters. The van der Waals surface area contributed by atoms with Crippen LogP contribution in [-0.2, 0) is 22.0 Å². The van der Waals surface area contributed by atoms with Crippen LogP contribution in [-0.4, -0.2) is 34.7 Å². The van der Waals surface area contributed by atoms with Crippen LogP contribution in [0.25, 0.3) is 0 Å². The van der Waals surface area contributed by atoms with Crippen molar-refractivity contribution < 1.29 is 9.00 Å². The fourth-order valence-corrected chi connectivity index (χ4v) is 2.85. The molecule has 1 aromatic rings. The monoisotopic (exact) mass is 294 g/mol. The highest BCUT2D eigenvalue weighted by molar-refractivity contribution is 7.84. The molecule has 0 radical (unpaired) electrons. The van der Waals surface area contributed by atoms with Gasteiger partial charge in [0, 0.05) is 35.4 Å². The summed E-state index contributed by atoms with van der Waals surface area (Å²) in [5, 5.41) is 6.32. The fraction of sp³-hybridized carbons (Fsp3) is 0.533. The molecule has 0 aromatic heterocycles. The van der Waals surface area contributed by atoms with Crippen molar-refractivity contribution in [1.29, 1.82) is 0 Å². The van der Waals surface area contributed by atoms with E-state index in [4.69, 9.17) is 0 Å². The lowest BCUT2D eigenvalue weighted by molar-refractivity contribution is -0.123. The minimum Gasteiger partial charge on any atom is -0.354 e. The average Bonchev–Trinajstić information content (AvgIpc) is 2.46. The first-order valence-electron chi connectivity index (χ1n) is 7.00. The van der Waals surface area contributed by atoms with Gasteiger partial charge in [0.2, 0.25) is 5.91 Å². The Labute approximate surface area is 122 Å². The van der Waals surface area contributed by atoms with Crippen molar-refractivity contribution in [3.63, 3.8) is 0 Å². The van der Waals surface area contributed by atoms with Gasteiger partial charge in [-0.05, 0) is 24.0 Å². The molecule has 0 spiro atoms. The number of carbonyl (C=O) groups excluding carboxylic acids is 1. The third-order valence-corrected chi connectivity index (χ3v) is 5.16. The summed E-state index contributed by atoms with van der Waals surface area (Å²) in [4.78, 5) is 12.3. The van der Waals surface area contributed by atoms with Crippen LogP contribution in [0.4, 0.5) is 0 Å². The summed E-state index contributed by atoms with van der Waals surface area (Å²) in [7, 11) is -0.833. The molecule has 5 heteroatoms. The molecule has 0 saturated carbocycles. The average molecular weight is 294 g/mol. The summed E-state index contributed by atoms with van der Waals surface area (Å²) in [6.07, 6.45) is 3.40. The molecule has 0 aliphatic carbocycles. The first-order valence-corrected chi connectivity index (χ1v) is 8.63. The maximum atomic E-state index is 12.3. The number of amides is 1. The van der Waals surface area contributed by atoms with Crippen LogP contribution in [0, 0.1) is 0 Å². The Kier molecular flexibility index (Phi) is 5.31. The van der Waals surface area contributed by atoms with Crippen LogP contribution in [0.15, 0.2) is 24.3 Å². The van der Waals surface area contributed by atoms with Gasteiger partial charge in [-0.25, -0.2) is 0 Å². The Bertz CT molecular complexity index is 504. The van der Waals surface area contributed by atoms with Crippen molar-refractivity contribution >= 4 is 16.7 Å². The number of hydrogen-bond donors (Lipinski definition) is 2. The van der Waals surface area contributed by atoms with Crippen molar-refractivity contribution in [2.75, 3.05) is 19.3 Å². The van der Waals surface area contributed by atoms with E-state index in [1.165, 1.54) is 5.56 Å². The molecule has 3 unspecified atom stereocenters. The summed E-state index contributed by atoms with van der Waals surface area (Å²) in [6.45, 7) is 3.33. The molecule has 0 saturated heterocycles. The molecular formula is C15H22N2O2S. The first kappa shape index (κ1) is 15.2. The Morgan fingerprint density at radius 2 is 2.25 bits per heavy atom. The van der Waals surface area contributed by atoms with Gasteiger partial charge >= 0.3 is 0 Å². The largest absolute Gasteiger partial charge is 0.354 e. The van der Waals surface area contributed by atoms with Gasteiger partial charge in [0.25, 0.3) is 0 Å². The highest BCUT2D eigenvalue weighted by atomic mass is 32.2. The van der Waals surface area contributed by atoms with Crippen LogP contribution in [0.5, 0.6) is 0 Å². The molecule has 0 bridgehead atoms. The van der Waals surface area contributed by atoms with Gasteiger partial charge in [-0.3, -0.25) is 9.00 Å². The second-order valence-electron chi connectivity index (χ2n) is 5.22. The molecule has 4 nitrogen and oxygen atoms in total. The van der Waals surface area contributed by atoms with Crippen molar-refractivity contribution in [3.8, 4) is 0 Å². The lowest BCUT2D eigenvalue weighted by atomic mass is 9.94. The molecule has 2 rings (SSSR count). The zero-order chi connectivity index (χ0) is 14.5. The van der Waals surface area contributed by atoms with E-state index in [2.05, 4.69) is 16.7 Å². The summed E-state index contributed by atoms with van der Waals surface area (Å²) >= 11 is 0. The van der Waals surface area contributed by atoms with Crippen LogP contribution in [0.1, 0.15) is 30.5 Å². The Balaban J connectivity index is 1.92. The summed E-state index contributed by atoms with van der Waals surface area (Å²) in [5.74, 6) is 0.00577. The van der Waals surface area contributed by atoms with Crippen LogP contribution >= 0.6 is 0 Å². The highest BCUT2D eigenvalue weighted by Crippen LogP contribution is 2.22. The summed E-state index contributed by atoms with van der Waals surface area (Å²) < 4.78 is 11.3. The zero-order valence-electron chi connectivity index (χ0n) is 12.0. The number of hydrogen-bond acceptors (Lipinski definition) is 3. The quantitative estimate of drug-likeness (QED) is 0.856. The zero-order valence-corrected chi connectivity index (χ0v) is 12.8. The van der Waals surface area contributed by atoms with Crippen molar-refractivity contribution in [3.05, 3.63) is 35.4 Å². The molecule has 0 fully saturated rings. The van der Waals surface area contributed by atoms with E-state index in [1.54, 1.807) is 6.26 Å². The van der Waals surface area contributed by atoms with Gasteiger partial charge in [-0.2, -0.15) is 0 Å². The molecule has 1 amide bonds. The van der Waals surface area contributed by atoms with Crippen LogP contribution < -0.4 is 10.6 Å². The molecule has 2 N–H and O–H groups in total. The Morgan fingerprint density at radius 1 is 1.50 bits per heavy atom. The number of fused-ring (bicyclic) bond motifs is 1. The molecule has 1 aliphatic rings. The van der Waals surface area contributed by atoms with Gasteiger partial charge in [0.1, 0.15) is 6.04 Å². The van der Waals surface area contributed by atoms with Gasteiger partial charge < -0.3 is 10.6 Å². The van der Waals surface area contributed by atoms with Crippen molar-refractivity contribution in [2.24, 2.45) is 0 Å². The van der Waals surface area contributed by atoms with Gasteiger partial charge in [0.05, 0.1) is 0 Å². The SMILES string of the molecule is CC(CCNC(=O)C1NCCc2ccccc21)S(C)=O. The molecule has 110 valence electrons. The van der Waals surface area contributed by atoms with E-state index in [0.717, 1.165) is 24.9 Å². The van der Waals surface area contributed by atoms with Crippen molar-refractivity contribution in [2.45, 2.75) is 31.1 Å². The molecular weight excluding hydrogens is 272 g/mol. The maximum Gasteiger partial charge on any atom is 0.241 e. The topological polar surface area (TPSA) is 58.2 Å². The molecule has 20 heavy (non-hydrogen) atoms. The number of nitrogens with one attached hydrogen (secondary N) is 2. The lowest BCUT2D eigenvalue weighted by Crippen LogP contribution is -2.42. The van der Waals surface area contributed by atoms with E-state index >= 15 is 0 Å². The van der Waals surface area contributed by atoms with Gasteiger partial charge in [0.15, 0.2) is 0 Å². The summed E-state index contributed by atoms with van der Waals surface area (Å²) in [6, 6.07) is 7.81. The lowest BCUT2D eigenvalue weighted by Gasteiger charge is -2.26. The standard InChI is InChI=1S/C15H22N2O2S/c1-11(20(2)19)7-9-17-15(18)14-13-6-4-3-5-12(13)8-10-16-14/h3-6,11,14,16H,7-10H2,1-2H3,(H,17,18). The van der Waals surface area contributed by atoms with E-state index in [0.29, 0.717) is 6.54 Å². The minimum absolute atomic E-state index is 0.00577. The predicted molar refractivity (Wildman–Crippen MR) is 82.0 cm³/mol. The maximum absolute atomic E-state index is 12.3. The molecule has 1 aliphatic heterocycles. The Morgan fingerprint density at radius 3 is 3.00 bits per heavy atom. The first-order chi connectivity index (χ1) is 9.59. The van der Waals surface area contributed by atoms with E-state index in [-0.39, 0.29) is 17.2 Å². The van der Waals surface area contributed by atoms with E-state index in [9.17, 15) is 9.00 Å². The molecule has 1 aromatic carbocycles. The minimum atomic E-state index is -0.833. The number of benzene rings is 1. The fourth-order valence-electron chi connectivity index (χ4n) is 2.41.